The lowest BCUT2D eigenvalue weighted by molar-refractivity contribution is 0.102. The molecule has 160 valence electrons. The van der Waals surface area contributed by atoms with Crippen molar-refractivity contribution < 1.29 is 13.2 Å². The number of thioether (sulfide) groups is 1. The molecule has 2 aromatic carbocycles. The maximum atomic E-state index is 12.7. The van der Waals surface area contributed by atoms with Crippen LogP contribution in [0.2, 0.25) is 0 Å². The number of carbonyl (C=O) groups excluding carboxylic acids is 1. The number of rotatable bonds is 8. The van der Waals surface area contributed by atoms with Gasteiger partial charge in [0.25, 0.3) is 0 Å². The number of nitrogens with zero attached hydrogens (tertiary/aromatic N) is 3. The first-order chi connectivity index (χ1) is 14.8. The number of hydrogen-bond acceptors (Lipinski definition) is 6. The van der Waals surface area contributed by atoms with Crippen molar-refractivity contribution >= 4 is 44.1 Å². The van der Waals surface area contributed by atoms with Gasteiger partial charge in [-0.05, 0) is 36.6 Å². The zero-order chi connectivity index (χ0) is 22.0. The van der Waals surface area contributed by atoms with E-state index in [9.17, 15) is 13.2 Å². The number of pyridine rings is 1. The van der Waals surface area contributed by atoms with Crippen LogP contribution >= 0.6 is 11.8 Å². The van der Waals surface area contributed by atoms with Crippen molar-refractivity contribution in [1.29, 1.82) is 0 Å². The van der Waals surface area contributed by atoms with Gasteiger partial charge in [-0.3, -0.25) is 9.20 Å². The summed E-state index contributed by atoms with van der Waals surface area (Å²) in [4.78, 5) is 12.7. The number of benzene rings is 2. The van der Waals surface area contributed by atoms with Gasteiger partial charge < -0.3 is 0 Å². The molecule has 0 saturated heterocycles. The molecule has 0 radical (unpaired) electrons. The Morgan fingerprint density at radius 3 is 2.58 bits per heavy atom. The van der Waals surface area contributed by atoms with Crippen LogP contribution in [-0.2, 0) is 16.4 Å². The Kier molecular flexibility index (Phi) is 6.08. The maximum absolute atomic E-state index is 12.7. The third kappa shape index (κ3) is 4.95. The summed E-state index contributed by atoms with van der Waals surface area (Å²) in [6.07, 6.45) is 1.70. The molecule has 0 bridgehead atoms. The molecule has 1 N–H and O–H groups in total. The summed E-state index contributed by atoms with van der Waals surface area (Å²) in [6.45, 7) is 2.38. The zero-order valence-corrected chi connectivity index (χ0v) is 18.8. The fourth-order valence-corrected chi connectivity index (χ4v) is 4.74. The monoisotopic (exact) mass is 454 g/mol. The Morgan fingerprint density at radius 2 is 1.84 bits per heavy atom. The second-order valence-corrected chi connectivity index (χ2v) is 10.1. The Labute approximate surface area is 184 Å². The average Bonchev–Trinajstić information content (AvgIpc) is 3.14. The van der Waals surface area contributed by atoms with Crippen LogP contribution in [0.5, 0.6) is 0 Å². The van der Waals surface area contributed by atoms with Crippen LogP contribution in [0, 0.1) is 6.92 Å². The first-order valence-electron chi connectivity index (χ1n) is 9.75. The highest BCUT2D eigenvalue weighted by Crippen LogP contribution is 2.26. The summed E-state index contributed by atoms with van der Waals surface area (Å²) in [7, 11) is -3.20. The van der Waals surface area contributed by atoms with Crippen molar-refractivity contribution in [2.75, 3.05) is 18.6 Å². The van der Waals surface area contributed by atoms with E-state index in [1.54, 1.807) is 12.1 Å². The number of ketones is 1. The Bertz CT molecular complexity index is 1360. The van der Waals surface area contributed by atoms with Crippen LogP contribution in [0.4, 0.5) is 0 Å². The predicted octanol–water partition coefficient (Wildman–Crippen LogP) is 3.26. The molecule has 0 aliphatic heterocycles. The number of para-hydroxylation sites is 1. The van der Waals surface area contributed by atoms with Crippen molar-refractivity contribution in [1.82, 2.24) is 19.3 Å². The summed E-state index contributed by atoms with van der Waals surface area (Å²) >= 11 is 1.36. The molecule has 0 fully saturated rings. The number of carbonyl (C=O) groups is 1. The lowest BCUT2D eigenvalue weighted by Gasteiger charge is -2.07. The molecular formula is C22H22N4O3S2. The summed E-state index contributed by atoms with van der Waals surface area (Å²) < 4.78 is 26.7. The van der Waals surface area contributed by atoms with Gasteiger partial charge in [-0.15, -0.1) is 10.2 Å². The van der Waals surface area contributed by atoms with E-state index in [1.807, 2.05) is 47.7 Å². The van der Waals surface area contributed by atoms with Gasteiger partial charge >= 0.3 is 0 Å². The van der Waals surface area contributed by atoms with Crippen LogP contribution in [0.1, 0.15) is 21.5 Å². The molecule has 0 spiro atoms. The minimum atomic E-state index is -3.20. The summed E-state index contributed by atoms with van der Waals surface area (Å²) in [5.41, 5.74) is 4.49. The van der Waals surface area contributed by atoms with E-state index >= 15 is 0 Å². The molecule has 0 saturated carbocycles. The van der Waals surface area contributed by atoms with Crippen LogP contribution in [-0.4, -0.2) is 47.4 Å². The summed E-state index contributed by atoms with van der Waals surface area (Å²) in [5, 5.41) is 10.4. The molecule has 31 heavy (non-hydrogen) atoms. The number of fused-ring (bicyclic) bond motifs is 3. The van der Waals surface area contributed by atoms with Gasteiger partial charge in [0.1, 0.15) is 0 Å². The lowest BCUT2D eigenvalue weighted by Crippen LogP contribution is -2.24. The highest BCUT2D eigenvalue weighted by molar-refractivity contribution is 7.99. The van der Waals surface area contributed by atoms with Gasteiger partial charge in [0.2, 0.25) is 10.0 Å². The van der Waals surface area contributed by atoms with Crippen molar-refractivity contribution in [3.63, 3.8) is 0 Å². The first-order valence-corrected chi connectivity index (χ1v) is 12.6. The van der Waals surface area contributed by atoms with E-state index in [4.69, 9.17) is 0 Å². The molecule has 0 aliphatic rings. The molecule has 4 aromatic rings. The van der Waals surface area contributed by atoms with Gasteiger partial charge in [-0.1, -0.05) is 54.2 Å². The second kappa shape index (κ2) is 8.78. The second-order valence-electron chi connectivity index (χ2n) is 7.35. The number of hydrogen-bond donors (Lipinski definition) is 1. The van der Waals surface area contributed by atoms with Gasteiger partial charge in [-0.2, -0.15) is 0 Å². The fraction of sp³-hybridized carbons (Fsp3) is 0.227. The van der Waals surface area contributed by atoms with Gasteiger partial charge in [0.05, 0.1) is 17.5 Å². The molecule has 7 nitrogen and oxygen atoms in total. The third-order valence-corrected chi connectivity index (χ3v) is 6.62. The quantitative estimate of drug-likeness (QED) is 0.324. The molecule has 4 rings (SSSR count). The third-order valence-electron chi connectivity index (χ3n) is 4.96. The van der Waals surface area contributed by atoms with Crippen LogP contribution in [0.15, 0.2) is 59.8 Å². The number of Topliss-reactive ketones (excluding diaryl/α,β-unsaturated/α-hetero) is 1. The minimum Gasteiger partial charge on any atom is -0.293 e. The number of nitrogens with one attached hydrogen (secondary N) is 1. The van der Waals surface area contributed by atoms with Gasteiger partial charge in [0, 0.05) is 17.5 Å². The van der Waals surface area contributed by atoms with Gasteiger partial charge in [0.15, 0.2) is 16.6 Å². The van der Waals surface area contributed by atoms with E-state index in [0.29, 0.717) is 23.7 Å². The molecule has 0 atom stereocenters. The Hall–Kier alpha value is -2.75. The topological polar surface area (TPSA) is 93.4 Å². The first kappa shape index (κ1) is 21.5. The smallest absolute Gasteiger partial charge is 0.208 e. The van der Waals surface area contributed by atoms with Crippen molar-refractivity contribution in [2.45, 2.75) is 18.5 Å². The molecule has 2 aromatic heterocycles. The Balaban J connectivity index is 1.45. The molecule has 0 aliphatic carbocycles. The average molecular weight is 455 g/mol. The number of sulfonamides is 1. The van der Waals surface area contributed by atoms with Crippen LogP contribution in [0.3, 0.4) is 0 Å². The summed E-state index contributed by atoms with van der Waals surface area (Å²) in [5.74, 6) is 0.247. The van der Waals surface area contributed by atoms with Crippen molar-refractivity contribution in [3.8, 4) is 0 Å². The maximum Gasteiger partial charge on any atom is 0.208 e. The standard InChI is InChI=1S/C22H22N4O3S2/c1-15-13-21-24-25-22(26(21)19-6-4-3-5-18(15)19)30-14-20(27)17-9-7-16(8-10-17)11-12-23-31(2,28)29/h3-10,13,23H,11-12,14H2,1-2H3. The highest BCUT2D eigenvalue weighted by Gasteiger charge is 2.14. The zero-order valence-electron chi connectivity index (χ0n) is 17.2. The molecule has 9 heteroatoms. The van der Waals surface area contributed by atoms with Crippen molar-refractivity contribution in [3.05, 3.63) is 71.3 Å². The van der Waals surface area contributed by atoms with Crippen LogP contribution in [0.25, 0.3) is 16.6 Å². The molecule has 0 unspecified atom stereocenters. The molecular weight excluding hydrogens is 432 g/mol. The number of aromatic nitrogens is 3. The number of aryl methyl sites for hydroxylation is 1. The van der Waals surface area contributed by atoms with E-state index in [-0.39, 0.29) is 11.5 Å². The largest absolute Gasteiger partial charge is 0.293 e. The lowest BCUT2D eigenvalue weighted by atomic mass is 10.1. The minimum absolute atomic E-state index is 0.000946. The predicted molar refractivity (Wildman–Crippen MR) is 123 cm³/mol. The molecule has 0 amide bonds. The molecule has 2 heterocycles. The van der Waals surface area contributed by atoms with Crippen LogP contribution < -0.4 is 4.72 Å². The van der Waals surface area contributed by atoms with E-state index in [0.717, 1.165) is 33.9 Å². The highest BCUT2D eigenvalue weighted by atomic mass is 32.2. The van der Waals surface area contributed by atoms with E-state index in [2.05, 4.69) is 21.0 Å². The summed E-state index contributed by atoms with van der Waals surface area (Å²) in [6, 6.07) is 17.3. The van der Waals surface area contributed by atoms with Crippen molar-refractivity contribution in [2.24, 2.45) is 0 Å². The normalized spacial score (nSPS) is 11.9. The Morgan fingerprint density at radius 1 is 1.10 bits per heavy atom. The van der Waals surface area contributed by atoms with Gasteiger partial charge in [-0.25, -0.2) is 13.1 Å². The fourth-order valence-electron chi connectivity index (χ4n) is 3.42. The van der Waals surface area contributed by atoms with E-state index < -0.39 is 10.0 Å². The SMILES string of the molecule is Cc1cc2nnc(SCC(=O)c3ccc(CCNS(C)(=O)=O)cc3)n2c2ccccc12. The van der Waals surface area contributed by atoms with E-state index in [1.165, 1.54) is 11.8 Å².